The van der Waals surface area contributed by atoms with Crippen molar-refractivity contribution < 1.29 is 9.53 Å². The molecule has 0 radical (unpaired) electrons. The number of nitrogens with one attached hydrogen (secondary N) is 2. The van der Waals surface area contributed by atoms with E-state index in [-0.39, 0.29) is 5.91 Å². The maximum Gasteiger partial charge on any atom is 0.269 e. The number of hydrogen-bond acceptors (Lipinski definition) is 4. The molecule has 0 unspecified atom stereocenters. The van der Waals surface area contributed by atoms with Crippen LogP contribution in [0.3, 0.4) is 0 Å². The van der Waals surface area contributed by atoms with Gasteiger partial charge in [0.1, 0.15) is 11.4 Å². The van der Waals surface area contributed by atoms with Crippen LogP contribution in [0.1, 0.15) is 42.6 Å². The zero-order chi connectivity index (χ0) is 19.1. The molecule has 142 valence electrons. The molecule has 2 N–H and O–H groups in total. The van der Waals surface area contributed by atoms with E-state index in [9.17, 15) is 4.79 Å². The fourth-order valence-corrected chi connectivity index (χ4v) is 3.36. The van der Waals surface area contributed by atoms with Crippen molar-refractivity contribution in [2.75, 3.05) is 19.0 Å². The van der Waals surface area contributed by atoms with Gasteiger partial charge in [-0.3, -0.25) is 9.78 Å². The summed E-state index contributed by atoms with van der Waals surface area (Å²) in [5, 5.41) is 6.70. The van der Waals surface area contributed by atoms with Crippen LogP contribution in [0.2, 0.25) is 5.02 Å². The largest absolute Gasteiger partial charge is 0.495 e. The molecule has 0 spiro atoms. The number of benzene rings is 1. The van der Waals surface area contributed by atoms with Gasteiger partial charge >= 0.3 is 0 Å². The Morgan fingerprint density at radius 2 is 2.07 bits per heavy atom. The fraction of sp³-hybridized carbons (Fsp3) is 0.333. The molecule has 3 rings (SSSR count). The number of pyridine rings is 1. The molecule has 2 aromatic rings. The molecule has 0 fully saturated rings. The molecule has 0 atom stereocenters. The van der Waals surface area contributed by atoms with E-state index >= 15 is 0 Å². The van der Waals surface area contributed by atoms with Crippen molar-refractivity contribution in [1.29, 1.82) is 0 Å². The lowest BCUT2D eigenvalue weighted by Crippen LogP contribution is -2.25. The summed E-state index contributed by atoms with van der Waals surface area (Å²) >= 11 is 6.15. The number of halogens is 1. The fourth-order valence-electron chi connectivity index (χ4n) is 3.10. The molecule has 1 heterocycles. The maximum absolute atomic E-state index is 12.4. The second-order valence-corrected chi connectivity index (χ2v) is 6.93. The number of rotatable bonds is 7. The van der Waals surface area contributed by atoms with Gasteiger partial charge in [-0.1, -0.05) is 23.3 Å². The van der Waals surface area contributed by atoms with Crippen LogP contribution in [-0.2, 0) is 0 Å². The molecule has 1 aromatic heterocycles. The van der Waals surface area contributed by atoms with Crippen molar-refractivity contribution in [2.45, 2.75) is 32.1 Å². The topological polar surface area (TPSA) is 63.2 Å². The van der Waals surface area contributed by atoms with Crippen LogP contribution in [0, 0.1) is 0 Å². The van der Waals surface area contributed by atoms with E-state index in [4.69, 9.17) is 16.3 Å². The molecular weight excluding hydrogens is 362 g/mol. The summed E-state index contributed by atoms with van der Waals surface area (Å²) in [7, 11) is 1.58. The molecule has 0 aliphatic heterocycles. The second-order valence-electron chi connectivity index (χ2n) is 6.52. The average Bonchev–Trinajstić information content (AvgIpc) is 2.69. The summed E-state index contributed by atoms with van der Waals surface area (Å²) in [6.07, 6.45) is 9.67. The number of carbonyl (C=O) groups is 1. The minimum Gasteiger partial charge on any atom is -0.495 e. The van der Waals surface area contributed by atoms with Crippen molar-refractivity contribution in [3.63, 3.8) is 0 Å². The zero-order valence-corrected chi connectivity index (χ0v) is 16.2. The quantitative estimate of drug-likeness (QED) is 0.650. The van der Waals surface area contributed by atoms with E-state index in [1.165, 1.54) is 18.4 Å². The van der Waals surface area contributed by atoms with E-state index in [0.717, 1.165) is 30.6 Å². The van der Waals surface area contributed by atoms with Gasteiger partial charge in [0, 0.05) is 24.1 Å². The molecule has 1 aliphatic rings. The highest BCUT2D eigenvalue weighted by Crippen LogP contribution is 2.28. The SMILES string of the molecule is COc1ccc(Nc2ccnc(C(=O)NCCC3=CCCCC3)c2)cc1Cl. The number of anilines is 2. The molecule has 0 saturated carbocycles. The van der Waals surface area contributed by atoms with Crippen molar-refractivity contribution in [3.8, 4) is 5.75 Å². The van der Waals surface area contributed by atoms with Crippen molar-refractivity contribution in [3.05, 3.63) is 58.9 Å². The van der Waals surface area contributed by atoms with E-state index in [0.29, 0.717) is 23.0 Å². The monoisotopic (exact) mass is 385 g/mol. The van der Waals surface area contributed by atoms with Crippen molar-refractivity contribution in [1.82, 2.24) is 10.3 Å². The predicted molar refractivity (Wildman–Crippen MR) is 109 cm³/mol. The summed E-state index contributed by atoms with van der Waals surface area (Å²) in [4.78, 5) is 16.5. The Bertz CT molecular complexity index is 836. The normalized spacial score (nSPS) is 13.6. The molecule has 6 heteroatoms. The van der Waals surface area contributed by atoms with Crippen LogP contribution in [0.25, 0.3) is 0 Å². The molecule has 27 heavy (non-hydrogen) atoms. The van der Waals surface area contributed by atoms with Gasteiger partial charge in [-0.15, -0.1) is 0 Å². The standard InChI is InChI=1S/C21H24ClN3O2/c1-27-20-8-7-16(13-18(20)22)25-17-10-12-23-19(14-17)21(26)24-11-9-15-5-3-2-4-6-15/h5,7-8,10,12-14H,2-4,6,9,11H2,1H3,(H,23,25)(H,24,26). The number of methoxy groups -OCH3 is 1. The molecule has 1 aliphatic carbocycles. The highest BCUT2D eigenvalue weighted by Gasteiger charge is 2.10. The Kier molecular flexibility index (Phi) is 6.71. The van der Waals surface area contributed by atoms with Crippen LogP contribution in [0.5, 0.6) is 5.75 Å². The zero-order valence-electron chi connectivity index (χ0n) is 15.4. The van der Waals surface area contributed by atoms with Gasteiger partial charge in [-0.2, -0.15) is 0 Å². The molecule has 0 bridgehead atoms. The minimum atomic E-state index is -0.164. The van der Waals surface area contributed by atoms with E-state index in [1.807, 2.05) is 12.1 Å². The summed E-state index contributed by atoms with van der Waals surface area (Å²) in [6.45, 7) is 0.637. The van der Waals surface area contributed by atoms with Crippen LogP contribution in [0.15, 0.2) is 48.2 Å². The van der Waals surface area contributed by atoms with Crippen molar-refractivity contribution >= 4 is 28.9 Å². The lowest BCUT2D eigenvalue weighted by atomic mass is 9.97. The minimum absolute atomic E-state index is 0.164. The Morgan fingerprint density at radius 1 is 1.22 bits per heavy atom. The predicted octanol–water partition coefficient (Wildman–Crippen LogP) is 5.11. The molecule has 1 amide bonds. The summed E-state index contributed by atoms with van der Waals surface area (Å²) in [6, 6.07) is 8.97. The summed E-state index contributed by atoms with van der Waals surface area (Å²) in [5.41, 5.74) is 3.41. The highest BCUT2D eigenvalue weighted by atomic mass is 35.5. The van der Waals surface area contributed by atoms with Gasteiger partial charge < -0.3 is 15.4 Å². The Hall–Kier alpha value is -2.53. The molecular formula is C21H24ClN3O2. The van der Waals surface area contributed by atoms with E-state index in [2.05, 4.69) is 21.7 Å². The third-order valence-corrected chi connectivity index (χ3v) is 4.85. The van der Waals surface area contributed by atoms with Crippen molar-refractivity contribution in [2.24, 2.45) is 0 Å². The van der Waals surface area contributed by atoms with Gasteiger partial charge in [0.05, 0.1) is 12.1 Å². The van der Waals surface area contributed by atoms with Gasteiger partial charge in [-0.25, -0.2) is 0 Å². The van der Waals surface area contributed by atoms with Crippen LogP contribution < -0.4 is 15.4 Å². The Balaban J connectivity index is 1.58. The maximum atomic E-state index is 12.4. The first kappa shape index (κ1) is 19.2. The summed E-state index contributed by atoms with van der Waals surface area (Å²) in [5.74, 6) is 0.452. The molecule has 1 aromatic carbocycles. The third-order valence-electron chi connectivity index (χ3n) is 4.55. The average molecular weight is 386 g/mol. The third kappa shape index (κ3) is 5.47. The molecule has 5 nitrogen and oxygen atoms in total. The van der Waals surface area contributed by atoms with Gasteiger partial charge in [0.25, 0.3) is 5.91 Å². The molecule has 0 saturated heterocycles. The Labute approximate surface area is 164 Å². The number of carbonyl (C=O) groups excluding carboxylic acids is 1. The van der Waals surface area contributed by atoms with E-state index in [1.54, 1.807) is 31.5 Å². The number of ether oxygens (including phenoxy) is 1. The lowest BCUT2D eigenvalue weighted by molar-refractivity contribution is 0.0949. The van der Waals surface area contributed by atoms with Crippen LogP contribution in [-0.4, -0.2) is 24.5 Å². The first-order valence-electron chi connectivity index (χ1n) is 9.18. The van der Waals surface area contributed by atoms with Crippen LogP contribution in [0.4, 0.5) is 11.4 Å². The number of hydrogen-bond donors (Lipinski definition) is 2. The van der Waals surface area contributed by atoms with Gasteiger partial charge in [-0.05, 0) is 62.4 Å². The number of aromatic nitrogens is 1. The lowest BCUT2D eigenvalue weighted by Gasteiger charge is -2.13. The van der Waals surface area contributed by atoms with Gasteiger partial charge in [0.2, 0.25) is 0 Å². The highest BCUT2D eigenvalue weighted by molar-refractivity contribution is 6.32. The smallest absolute Gasteiger partial charge is 0.269 e. The number of amides is 1. The summed E-state index contributed by atoms with van der Waals surface area (Å²) < 4.78 is 5.16. The second kappa shape index (κ2) is 9.42. The van der Waals surface area contributed by atoms with Crippen LogP contribution >= 0.6 is 11.6 Å². The first-order chi connectivity index (χ1) is 13.2. The Morgan fingerprint density at radius 3 is 2.81 bits per heavy atom. The van der Waals surface area contributed by atoms with E-state index < -0.39 is 0 Å². The van der Waals surface area contributed by atoms with Gasteiger partial charge in [0.15, 0.2) is 0 Å². The first-order valence-corrected chi connectivity index (χ1v) is 9.56. The number of nitrogens with zero attached hydrogens (tertiary/aromatic N) is 1. The number of allylic oxidation sites excluding steroid dienone is 1.